The fourth-order valence-corrected chi connectivity index (χ4v) is 2.78. The van der Waals surface area contributed by atoms with Gasteiger partial charge in [0, 0.05) is 35.1 Å². The van der Waals surface area contributed by atoms with Crippen LogP contribution in [0.25, 0.3) is 10.8 Å². The Morgan fingerprint density at radius 1 is 1.29 bits per heavy atom. The van der Waals surface area contributed by atoms with E-state index in [1.807, 2.05) is 18.2 Å². The minimum absolute atomic E-state index is 0.361. The van der Waals surface area contributed by atoms with Gasteiger partial charge in [0.05, 0.1) is 5.69 Å². The highest BCUT2D eigenvalue weighted by Gasteiger charge is 2.10. The largest absolute Gasteiger partial charge is 0.397 e. The van der Waals surface area contributed by atoms with E-state index in [2.05, 4.69) is 15.1 Å². The molecule has 2 heterocycles. The number of benzene rings is 1. The van der Waals surface area contributed by atoms with Crippen molar-refractivity contribution in [2.75, 3.05) is 5.73 Å². The zero-order valence-corrected chi connectivity index (χ0v) is 11.8. The van der Waals surface area contributed by atoms with E-state index in [-0.39, 0.29) is 0 Å². The first kappa shape index (κ1) is 13.4. The number of fused-ring (bicyclic) bond motifs is 1. The fraction of sp³-hybridized carbons (Fsp3) is 0.0769. The Morgan fingerprint density at radius 2 is 2.10 bits per heavy atom. The lowest BCUT2D eigenvalue weighted by Crippen LogP contribution is -2.33. The van der Waals surface area contributed by atoms with Crippen molar-refractivity contribution in [2.45, 2.75) is 10.1 Å². The van der Waals surface area contributed by atoms with Crippen LogP contribution in [0.15, 0.2) is 50.2 Å². The molecule has 3 aromatic rings. The van der Waals surface area contributed by atoms with Crippen LogP contribution in [0.4, 0.5) is 5.69 Å². The summed E-state index contributed by atoms with van der Waals surface area (Å²) in [6.07, 6.45) is 3.40. The highest BCUT2D eigenvalue weighted by molar-refractivity contribution is 7.99. The highest BCUT2D eigenvalue weighted by Crippen LogP contribution is 2.34. The third-order valence-electron chi connectivity index (χ3n) is 2.97. The normalized spacial score (nSPS) is 10.9. The van der Waals surface area contributed by atoms with E-state index in [1.54, 1.807) is 19.4 Å². The summed E-state index contributed by atoms with van der Waals surface area (Å²) in [5, 5.41) is 4.57. The van der Waals surface area contributed by atoms with Crippen molar-refractivity contribution in [3.8, 4) is 0 Å². The molecule has 0 aliphatic carbocycles. The number of aryl methyl sites for hydroxylation is 1. The standard InChI is InChI=1S/C13H11N5O2S/c1-18-13(16-11(19)12(20)17-18)21-9-3-2-7-6-15-5-4-8(7)10(9)14/h2-6H,14H2,1H3,(H,17,20). The number of aromatic amines is 1. The van der Waals surface area contributed by atoms with Crippen molar-refractivity contribution >= 4 is 28.2 Å². The van der Waals surface area contributed by atoms with Crippen LogP contribution in [0.5, 0.6) is 0 Å². The molecule has 0 spiro atoms. The predicted octanol–water partition coefficient (Wildman–Crippen LogP) is 0.750. The Balaban J connectivity index is 2.10. The number of nitrogens with one attached hydrogen (secondary N) is 1. The lowest BCUT2D eigenvalue weighted by molar-refractivity contribution is 0.596. The number of pyridine rings is 1. The van der Waals surface area contributed by atoms with Gasteiger partial charge in [-0.05, 0) is 23.9 Å². The number of H-pyrrole nitrogens is 1. The molecule has 1 aromatic carbocycles. The summed E-state index contributed by atoms with van der Waals surface area (Å²) in [5.41, 5.74) is 5.16. The van der Waals surface area contributed by atoms with Gasteiger partial charge in [0.2, 0.25) is 0 Å². The van der Waals surface area contributed by atoms with Gasteiger partial charge in [0.25, 0.3) is 0 Å². The summed E-state index contributed by atoms with van der Waals surface area (Å²) in [6, 6.07) is 5.56. The number of hydrogen-bond acceptors (Lipinski definition) is 6. The van der Waals surface area contributed by atoms with Crippen LogP contribution in [0, 0.1) is 0 Å². The van der Waals surface area contributed by atoms with Gasteiger partial charge in [0.1, 0.15) is 0 Å². The Hall–Kier alpha value is -2.61. The van der Waals surface area contributed by atoms with Gasteiger partial charge in [-0.15, -0.1) is 0 Å². The number of anilines is 1. The van der Waals surface area contributed by atoms with E-state index in [4.69, 9.17) is 5.73 Å². The number of aromatic nitrogens is 4. The van der Waals surface area contributed by atoms with Gasteiger partial charge in [-0.1, -0.05) is 6.07 Å². The molecular weight excluding hydrogens is 290 g/mol. The van der Waals surface area contributed by atoms with Gasteiger partial charge < -0.3 is 5.73 Å². The number of rotatable bonds is 2. The van der Waals surface area contributed by atoms with Crippen LogP contribution < -0.4 is 16.9 Å². The molecule has 21 heavy (non-hydrogen) atoms. The van der Waals surface area contributed by atoms with Crippen LogP contribution in [0.2, 0.25) is 0 Å². The number of nitrogens with two attached hydrogens (primary N) is 1. The highest BCUT2D eigenvalue weighted by atomic mass is 32.2. The third kappa shape index (κ3) is 2.40. The summed E-state index contributed by atoms with van der Waals surface area (Å²) in [6.45, 7) is 0. The first-order chi connectivity index (χ1) is 10.1. The van der Waals surface area contributed by atoms with Crippen LogP contribution in [0.1, 0.15) is 0 Å². The van der Waals surface area contributed by atoms with Crippen molar-refractivity contribution in [3.63, 3.8) is 0 Å². The summed E-state index contributed by atoms with van der Waals surface area (Å²) < 4.78 is 1.39. The molecule has 0 amide bonds. The van der Waals surface area contributed by atoms with Crippen molar-refractivity contribution in [2.24, 2.45) is 7.05 Å². The van der Waals surface area contributed by atoms with Crippen molar-refractivity contribution in [3.05, 3.63) is 51.3 Å². The van der Waals surface area contributed by atoms with E-state index < -0.39 is 11.1 Å². The Labute approximate surface area is 122 Å². The van der Waals surface area contributed by atoms with Crippen molar-refractivity contribution in [1.82, 2.24) is 19.7 Å². The number of hydrogen-bond donors (Lipinski definition) is 2. The van der Waals surface area contributed by atoms with Gasteiger partial charge in [-0.2, -0.15) is 4.98 Å². The Kier molecular flexibility index (Phi) is 3.22. The maximum atomic E-state index is 11.4. The molecular formula is C13H11N5O2S. The lowest BCUT2D eigenvalue weighted by Gasteiger charge is -2.09. The average molecular weight is 301 g/mol. The molecule has 0 unspecified atom stereocenters. The fourth-order valence-electron chi connectivity index (χ4n) is 1.91. The smallest absolute Gasteiger partial charge is 0.339 e. The van der Waals surface area contributed by atoms with Gasteiger partial charge in [-0.25, -0.2) is 0 Å². The zero-order chi connectivity index (χ0) is 15.0. The van der Waals surface area contributed by atoms with Crippen LogP contribution in [0.3, 0.4) is 0 Å². The second kappa shape index (κ2) is 5.06. The van der Waals surface area contributed by atoms with Gasteiger partial charge in [0.15, 0.2) is 5.16 Å². The van der Waals surface area contributed by atoms with Gasteiger partial charge >= 0.3 is 11.1 Å². The minimum atomic E-state index is -0.820. The molecule has 3 rings (SSSR count). The summed E-state index contributed by atoms with van der Waals surface area (Å²) >= 11 is 1.21. The molecule has 2 aromatic heterocycles. The number of nitrogen functional groups attached to an aromatic ring is 1. The molecule has 0 atom stereocenters. The quantitative estimate of drug-likeness (QED) is 0.534. The topological polar surface area (TPSA) is 107 Å². The Bertz CT molecular complexity index is 947. The second-order valence-electron chi connectivity index (χ2n) is 4.38. The minimum Gasteiger partial charge on any atom is -0.397 e. The van der Waals surface area contributed by atoms with E-state index in [0.717, 1.165) is 15.7 Å². The van der Waals surface area contributed by atoms with Crippen molar-refractivity contribution < 1.29 is 0 Å². The lowest BCUT2D eigenvalue weighted by atomic mass is 10.1. The molecule has 106 valence electrons. The molecule has 0 bridgehead atoms. The average Bonchev–Trinajstić information content (AvgIpc) is 2.48. The Morgan fingerprint density at radius 3 is 2.90 bits per heavy atom. The molecule has 0 saturated heterocycles. The molecule has 0 saturated carbocycles. The molecule has 0 aliphatic heterocycles. The SMILES string of the molecule is Cn1[nH]c(=O)c(=O)nc1Sc1ccc2cnccc2c1N. The molecule has 8 heteroatoms. The first-order valence-corrected chi connectivity index (χ1v) is 6.85. The van der Waals surface area contributed by atoms with E-state index in [9.17, 15) is 9.59 Å². The van der Waals surface area contributed by atoms with E-state index >= 15 is 0 Å². The third-order valence-corrected chi connectivity index (χ3v) is 4.09. The van der Waals surface area contributed by atoms with Crippen LogP contribution >= 0.6 is 11.8 Å². The summed E-state index contributed by atoms with van der Waals surface area (Å²) in [7, 11) is 1.61. The molecule has 3 N–H and O–H groups in total. The number of nitrogens with zero attached hydrogens (tertiary/aromatic N) is 3. The molecule has 0 aliphatic rings. The monoisotopic (exact) mass is 301 g/mol. The predicted molar refractivity (Wildman–Crippen MR) is 80.4 cm³/mol. The molecule has 0 radical (unpaired) electrons. The van der Waals surface area contributed by atoms with Crippen molar-refractivity contribution in [1.29, 1.82) is 0 Å². The maximum absolute atomic E-state index is 11.4. The second-order valence-corrected chi connectivity index (χ2v) is 5.38. The first-order valence-electron chi connectivity index (χ1n) is 6.03. The van der Waals surface area contributed by atoms with E-state index in [0.29, 0.717) is 10.8 Å². The molecule has 7 nitrogen and oxygen atoms in total. The summed E-state index contributed by atoms with van der Waals surface area (Å²) in [4.78, 5) is 31.1. The molecule has 0 fully saturated rings. The van der Waals surface area contributed by atoms with Gasteiger partial charge in [-0.3, -0.25) is 24.4 Å². The summed E-state index contributed by atoms with van der Waals surface area (Å²) in [5.74, 6) is 0. The van der Waals surface area contributed by atoms with Crippen LogP contribution in [-0.2, 0) is 7.05 Å². The zero-order valence-electron chi connectivity index (χ0n) is 11.0. The van der Waals surface area contributed by atoms with E-state index in [1.165, 1.54) is 16.4 Å². The maximum Gasteiger partial charge on any atom is 0.339 e. The van der Waals surface area contributed by atoms with Crippen LogP contribution in [-0.4, -0.2) is 19.7 Å².